The van der Waals surface area contributed by atoms with Gasteiger partial charge in [-0.3, -0.25) is 0 Å². The molecule has 1 aliphatic rings. The van der Waals surface area contributed by atoms with Crippen molar-refractivity contribution >= 4 is 41.3 Å². The molecule has 1 saturated heterocycles. The van der Waals surface area contributed by atoms with E-state index in [2.05, 4.69) is 48.3 Å². The van der Waals surface area contributed by atoms with E-state index in [0.29, 0.717) is 18.4 Å². The number of hydrogen-bond acceptors (Lipinski definition) is 4. The third-order valence-electron chi connectivity index (χ3n) is 3.93. The van der Waals surface area contributed by atoms with E-state index in [-0.39, 0.29) is 24.0 Å². The lowest BCUT2D eigenvalue weighted by molar-refractivity contribution is 0.114. The molecule has 0 aromatic carbocycles. The number of hydrogen-bond donors (Lipinski definition) is 1. The molecule has 0 aliphatic carbocycles. The topological polar surface area (TPSA) is 49.8 Å². The Kier molecular flexibility index (Phi) is 10.1. The largest absolute Gasteiger partial charge is 0.381 e. The molecule has 0 saturated carbocycles. The van der Waals surface area contributed by atoms with Crippen LogP contribution in [0, 0.1) is 5.92 Å². The Morgan fingerprint density at radius 3 is 2.92 bits per heavy atom. The standard InChI is InChI=1S/C17H30N4OS.HI/c1-5-18-17(21-8-7-14(10-21)11-22-6-2)19-9-15-12-23-16(20-15)13(3)4;/h12-14H,5-11H2,1-4H3,(H,18,19);1H. The average Bonchev–Trinajstić information content (AvgIpc) is 3.18. The molecule has 138 valence electrons. The molecular formula is C17H31IN4OS. The summed E-state index contributed by atoms with van der Waals surface area (Å²) in [6, 6.07) is 0. The zero-order valence-electron chi connectivity index (χ0n) is 15.2. The van der Waals surface area contributed by atoms with E-state index < -0.39 is 0 Å². The van der Waals surface area contributed by atoms with Gasteiger partial charge < -0.3 is 15.0 Å². The highest BCUT2D eigenvalue weighted by Gasteiger charge is 2.24. The molecule has 0 spiro atoms. The fourth-order valence-electron chi connectivity index (χ4n) is 2.69. The molecule has 1 unspecified atom stereocenters. The molecule has 1 atom stereocenters. The molecule has 5 nitrogen and oxygen atoms in total. The smallest absolute Gasteiger partial charge is 0.194 e. The summed E-state index contributed by atoms with van der Waals surface area (Å²) in [6.45, 7) is 13.8. The first-order chi connectivity index (χ1) is 11.1. The number of guanidine groups is 1. The molecule has 0 bridgehead atoms. The van der Waals surface area contributed by atoms with Crippen molar-refractivity contribution < 1.29 is 4.74 Å². The highest BCUT2D eigenvalue weighted by atomic mass is 127. The first kappa shape index (κ1) is 21.6. The summed E-state index contributed by atoms with van der Waals surface area (Å²) in [4.78, 5) is 11.8. The third kappa shape index (κ3) is 6.48. The first-order valence-corrected chi connectivity index (χ1v) is 9.57. The molecular weight excluding hydrogens is 435 g/mol. The second-order valence-electron chi connectivity index (χ2n) is 6.26. The number of nitrogens with one attached hydrogen (secondary N) is 1. The SMILES string of the molecule is CCNC(=NCc1csc(C(C)C)n1)N1CCC(COCC)C1.I. The van der Waals surface area contributed by atoms with Gasteiger partial charge in [0.2, 0.25) is 0 Å². The molecule has 0 radical (unpaired) electrons. The Morgan fingerprint density at radius 2 is 2.29 bits per heavy atom. The number of aliphatic imine (C=N–C) groups is 1. The number of likely N-dealkylation sites (tertiary alicyclic amines) is 1. The molecule has 1 fully saturated rings. The van der Waals surface area contributed by atoms with Crippen LogP contribution in [0.3, 0.4) is 0 Å². The Bertz CT molecular complexity index is 507. The lowest BCUT2D eigenvalue weighted by Gasteiger charge is -2.21. The maximum atomic E-state index is 5.56. The Labute approximate surface area is 167 Å². The average molecular weight is 466 g/mol. The summed E-state index contributed by atoms with van der Waals surface area (Å²) in [6.07, 6.45) is 1.18. The highest BCUT2D eigenvalue weighted by Crippen LogP contribution is 2.20. The highest BCUT2D eigenvalue weighted by molar-refractivity contribution is 14.0. The van der Waals surface area contributed by atoms with Gasteiger partial charge in [0.15, 0.2) is 5.96 Å². The van der Waals surface area contributed by atoms with E-state index in [0.717, 1.165) is 44.5 Å². The van der Waals surface area contributed by atoms with Gasteiger partial charge in [0.25, 0.3) is 0 Å². The van der Waals surface area contributed by atoms with Gasteiger partial charge in [0, 0.05) is 43.5 Å². The van der Waals surface area contributed by atoms with Gasteiger partial charge in [0.1, 0.15) is 0 Å². The van der Waals surface area contributed by atoms with E-state index in [1.807, 2.05) is 0 Å². The second-order valence-corrected chi connectivity index (χ2v) is 7.15. The van der Waals surface area contributed by atoms with E-state index in [4.69, 9.17) is 9.73 Å². The van der Waals surface area contributed by atoms with Crippen LogP contribution < -0.4 is 5.32 Å². The third-order valence-corrected chi connectivity index (χ3v) is 5.13. The summed E-state index contributed by atoms with van der Waals surface area (Å²) in [5.41, 5.74) is 1.07. The summed E-state index contributed by atoms with van der Waals surface area (Å²) >= 11 is 1.73. The van der Waals surface area contributed by atoms with E-state index in [1.165, 1.54) is 11.4 Å². The molecule has 2 rings (SSSR count). The van der Waals surface area contributed by atoms with Gasteiger partial charge >= 0.3 is 0 Å². The maximum Gasteiger partial charge on any atom is 0.194 e. The Hall–Kier alpha value is -0.410. The van der Waals surface area contributed by atoms with Crippen LogP contribution >= 0.6 is 35.3 Å². The van der Waals surface area contributed by atoms with Gasteiger partial charge in [-0.2, -0.15) is 0 Å². The van der Waals surface area contributed by atoms with Crippen molar-refractivity contribution in [3.8, 4) is 0 Å². The number of halogens is 1. The number of ether oxygens (including phenoxy) is 1. The zero-order chi connectivity index (χ0) is 16.7. The summed E-state index contributed by atoms with van der Waals surface area (Å²) in [5.74, 6) is 2.11. The number of thiazole rings is 1. The Balaban J connectivity index is 0.00000288. The van der Waals surface area contributed by atoms with E-state index >= 15 is 0 Å². The van der Waals surface area contributed by atoms with Gasteiger partial charge in [-0.15, -0.1) is 35.3 Å². The van der Waals surface area contributed by atoms with Crippen LogP contribution in [0.25, 0.3) is 0 Å². The Morgan fingerprint density at radius 1 is 1.50 bits per heavy atom. The molecule has 2 heterocycles. The molecule has 7 heteroatoms. The van der Waals surface area contributed by atoms with Crippen LogP contribution in [0.15, 0.2) is 10.4 Å². The summed E-state index contributed by atoms with van der Waals surface area (Å²) in [5, 5.41) is 6.73. The fourth-order valence-corrected chi connectivity index (χ4v) is 3.51. The van der Waals surface area contributed by atoms with Crippen molar-refractivity contribution in [3.63, 3.8) is 0 Å². The molecule has 1 N–H and O–H groups in total. The number of rotatable bonds is 7. The first-order valence-electron chi connectivity index (χ1n) is 8.69. The van der Waals surface area contributed by atoms with Crippen LogP contribution in [0.2, 0.25) is 0 Å². The van der Waals surface area contributed by atoms with Crippen molar-refractivity contribution in [1.82, 2.24) is 15.2 Å². The van der Waals surface area contributed by atoms with Crippen LogP contribution in [0.4, 0.5) is 0 Å². The normalized spacial score (nSPS) is 18.1. The van der Waals surface area contributed by atoms with Crippen molar-refractivity contribution in [2.24, 2.45) is 10.9 Å². The van der Waals surface area contributed by atoms with Crippen molar-refractivity contribution in [2.45, 2.75) is 46.6 Å². The molecule has 0 amide bonds. The van der Waals surface area contributed by atoms with Crippen LogP contribution in [0.5, 0.6) is 0 Å². The molecule has 1 aromatic heterocycles. The van der Waals surface area contributed by atoms with Crippen molar-refractivity contribution in [1.29, 1.82) is 0 Å². The minimum atomic E-state index is 0. The molecule has 1 aliphatic heterocycles. The van der Waals surface area contributed by atoms with E-state index in [1.54, 1.807) is 11.3 Å². The molecule has 24 heavy (non-hydrogen) atoms. The lowest BCUT2D eigenvalue weighted by Crippen LogP contribution is -2.40. The minimum Gasteiger partial charge on any atom is -0.381 e. The van der Waals surface area contributed by atoms with Gasteiger partial charge in [-0.25, -0.2) is 9.98 Å². The second kappa shape index (κ2) is 11.3. The lowest BCUT2D eigenvalue weighted by atomic mass is 10.1. The molecule has 1 aromatic rings. The van der Waals surface area contributed by atoms with Crippen LogP contribution in [0.1, 0.15) is 50.7 Å². The quantitative estimate of drug-likeness (QED) is 0.378. The monoisotopic (exact) mass is 466 g/mol. The number of aromatic nitrogens is 1. The van der Waals surface area contributed by atoms with Crippen LogP contribution in [-0.4, -0.2) is 48.7 Å². The minimum absolute atomic E-state index is 0. The predicted octanol–water partition coefficient (Wildman–Crippen LogP) is 3.71. The maximum absolute atomic E-state index is 5.56. The van der Waals surface area contributed by atoms with Gasteiger partial charge in [-0.05, 0) is 20.3 Å². The van der Waals surface area contributed by atoms with Gasteiger partial charge in [0.05, 0.1) is 23.9 Å². The fraction of sp³-hybridized carbons (Fsp3) is 0.765. The summed E-state index contributed by atoms with van der Waals surface area (Å²) in [7, 11) is 0. The van der Waals surface area contributed by atoms with E-state index in [9.17, 15) is 0 Å². The zero-order valence-corrected chi connectivity index (χ0v) is 18.4. The van der Waals surface area contributed by atoms with Crippen molar-refractivity contribution in [2.75, 3.05) is 32.8 Å². The van der Waals surface area contributed by atoms with Crippen LogP contribution in [-0.2, 0) is 11.3 Å². The predicted molar refractivity (Wildman–Crippen MR) is 113 cm³/mol. The van der Waals surface area contributed by atoms with Crippen molar-refractivity contribution in [3.05, 3.63) is 16.1 Å². The van der Waals surface area contributed by atoms with Gasteiger partial charge in [-0.1, -0.05) is 13.8 Å². The summed E-state index contributed by atoms with van der Waals surface area (Å²) < 4.78 is 5.56. The number of nitrogens with zero attached hydrogens (tertiary/aromatic N) is 3.